The maximum Gasteiger partial charge on any atom is 0.336 e. The van der Waals surface area contributed by atoms with Gasteiger partial charge in [0.1, 0.15) is 5.58 Å². The maximum absolute atomic E-state index is 11.5. The number of ketones is 1. The lowest BCUT2D eigenvalue weighted by atomic mass is 10.1. The molecule has 3 aromatic rings. The van der Waals surface area contributed by atoms with Crippen LogP contribution in [0.3, 0.4) is 0 Å². The summed E-state index contributed by atoms with van der Waals surface area (Å²) < 4.78 is 6.14. The van der Waals surface area contributed by atoms with Crippen LogP contribution >= 0.6 is 11.3 Å². The van der Waals surface area contributed by atoms with Crippen LogP contribution in [0, 0.1) is 0 Å². The van der Waals surface area contributed by atoms with Crippen LogP contribution in [-0.2, 0) is 0 Å². The summed E-state index contributed by atoms with van der Waals surface area (Å²) in [6.45, 7) is 1.54. The molecule has 0 amide bonds. The molecule has 2 aromatic heterocycles. The molecule has 3 rings (SSSR count). The van der Waals surface area contributed by atoms with Gasteiger partial charge in [-0.3, -0.25) is 4.79 Å². The summed E-state index contributed by atoms with van der Waals surface area (Å²) in [6, 6.07) is 6.73. The normalized spacial score (nSPS) is 11.1. The van der Waals surface area contributed by atoms with Gasteiger partial charge in [0.05, 0.1) is 0 Å². The van der Waals surface area contributed by atoms with Gasteiger partial charge in [0.25, 0.3) is 0 Å². The summed E-state index contributed by atoms with van der Waals surface area (Å²) in [7, 11) is 0. The lowest BCUT2D eigenvalue weighted by Gasteiger charge is -1.99. The molecule has 0 spiro atoms. The summed E-state index contributed by atoms with van der Waals surface area (Å²) in [5.74, 6) is 0.0231. The van der Waals surface area contributed by atoms with E-state index in [0.717, 1.165) is 15.5 Å². The Morgan fingerprint density at radius 1 is 1.24 bits per heavy atom. The lowest BCUT2D eigenvalue weighted by Crippen LogP contribution is -1.95. The zero-order chi connectivity index (χ0) is 12.0. The minimum atomic E-state index is -0.378. The molecule has 0 fully saturated rings. The molecular formula is C13H8O3S. The van der Waals surface area contributed by atoms with E-state index in [4.69, 9.17) is 4.42 Å². The molecule has 0 N–H and O–H groups in total. The average Bonchev–Trinajstić information content (AvgIpc) is 2.72. The molecule has 0 saturated heterocycles. The minimum absolute atomic E-state index is 0.0231. The van der Waals surface area contributed by atoms with Gasteiger partial charge in [-0.1, -0.05) is 0 Å². The van der Waals surface area contributed by atoms with E-state index in [1.807, 2.05) is 11.4 Å². The second-order valence-electron chi connectivity index (χ2n) is 3.81. The second-order valence-corrected chi connectivity index (χ2v) is 4.72. The Kier molecular flexibility index (Phi) is 2.12. The third-order valence-electron chi connectivity index (χ3n) is 2.72. The molecule has 0 atom stereocenters. The first-order valence-electron chi connectivity index (χ1n) is 5.12. The highest BCUT2D eigenvalue weighted by molar-refractivity contribution is 7.17. The van der Waals surface area contributed by atoms with E-state index in [-0.39, 0.29) is 11.4 Å². The van der Waals surface area contributed by atoms with Crippen molar-refractivity contribution in [3.63, 3.8) is 0 Å². The van der Waals surface area contributed by atoms with Crippen molar-refractivity contribution < 1.29 is 9.21 Å². The van der Waals surface area contributed by atoms with E-state index >= 15 is 0 Å². The van der Waals surface area contributed by atoms with Gasteiger partial charge in [0.2, 0.25) is 0 Å². The molecular weight excluding hydrogens is 236 g/mol. The highest BCUT2D eigenvalue weighted by Crippen LogP contribution is 2.32. The number of hydrogen-bond acceptors (Lipinski definition) is 4. The van der Waals surface area contributed by atoms with Gasteiger partial charge in [0, 0.05) is 32.5 Å². The van der Waals surface area contributed by atoms with Crippen molar-refractivity contribution in [3.8, 4) is 0 Å². The molecule has 84 valence electrons. The number of benzene rings is 1. The smallest absolute Gasteiger partial charge is 0.336 e. The molecule has 0 aliphatic rings. The molecule has 3 nitrogen and oxygen atoms in total. The fourth-order valence-electron chi connectivity index (χ4n) is 1.95. The highest BCUT2D eigenvalue weighted by Gasteiger charge is 2.12. The van der Waals surface area contributed by atoms with Crippen LogP contribution < -0.4 is 5.63 Å². The number of hydrogen-bond donors (Lipinski definition) is 0. The molecule has 2 heterocycles. The molecule has 1 aromatic carbocycles. The first kappa shape index (κ1) is 10.2. The molecule has 0 bridgehead atoms. The van der Waals surface area contributed by atoms with E-state index < -0.39 is 0 Å². The van der Waals surface area contributed by atoms with Crippen molar-refractivity contribution in [3.05, 3.63) is 45.6 Å². The van der Waals surface area contributed by atoms with Crippen molar-refractivity contribution in [1.82, 2.24) is 0 Å². The Morgan fingerprint density at radius 2 is 2.06 bits per heavy atom. The van der Waals surface area contributed by atoms with E-state index in [1.165, 1.54) is 17.4 Å². The van der Waals surface area contributed by atoms with Crippen molar-refractivity contribution in [2.75, 3.05) is 0 Å². The standard InChI is InChI=1S/C13H8O3S/c1-7(14)9-6-17-11-4-3-10-8(13(9)11)2-5-12(15)16-10/h2-6H,1H3. The molecule has 0 unspecified atom stereocenters. The summed E-state index contributed by atoms with van der Waals surface area (Å²) >= 11 is 1.52. The Bertz CT molecular complexity index is 795. The number of rotatable bonds is 1. The third-order valence-corrected chi connectivity index (χ3v) is 3.66. The summed E-state index contributed by atoms with van der Waals surface area (Å²) in [5.41, 5.74) is 0.826. The SMILES string of the molecule is CC(=O)c1csc2ccc3oc(=O)ccc3c12. The third kappa shape index (κ3) is 1.49. The van der Waals surface area contributed by atoms with Gasteiger partial charge in [-0.2, -0.15) is 0 Å². The Balaban J connectivity index is 2.57. The topological polar surface area (TPSA) is 47.3 Å². The fourth-order valence-corrected chi connectivity index (χ4v) is 2.96. The largest absolute Gasteiger partial charge is 0.423 e. The number of carbonyl (C=O) groups is 1. The zero-order valence-corrected chi connectivity index (χ0v) is 9.84. The van der Waals surface area contributed by atoms with Crippen LogP contribution in [0.1, 0.15) is 17.3 Å². The van der Waals surface area contributed by atoms with Gasteiger partial charge in [-0.05, 0) is 25.1 Å². The first-order chi connectivity index (χ1) is 8.16. The molecule has 0 radical (unpaired) electrons. The first-order valence-corrected chi connectivity index (χ1v) is 6.00. The molecule has 4 heteroatoms. The maximum atomic E-state index is 11.5. The van der Waals surface area contributed by atoms with Gasteiger partial charge < -0.3 is 4.42 Å². The van der Waals surface area contributed by atoms with Crippen molar-refractivity contribution in [1.29, 1.82) is 0 Å². The summed E-state index contributed by atoms with van der Waals surface area (Å²) in [6.07, 6.45) is 0. The highest BCUT2D eigenvalue weighted by atomic mass is 32.1. The molecule has 0 aliphatic carbocycles. The number of thiophene rings is 1. The monoisotopic (exact) mass is 244 g/mol. The number of carbonyl (C=O) groups excluding carboxylic acids is 1. The minimum Gasteiger partial charge on any atom is -0.423 e. The van der Waals surface area contributed by atoms with Gasteiger partial charge in [0.15, 0.2) is 5.78 Å². The number of Topliss-reactive ketones (excluding diaryl/α,β-unsaturated/α-hetero) is 1. The van der Waals surface area contributed by atoms with E-state index in [1.54, 1.807) is 19.1 Å². The van der Waals surface area contributed by atoms with Crippen LogP contribution in [0.5, 0.6) is 0 Å². The van der Waals surface area contributed by atoms with Crippen LogP contribution in [0.2, 0.25) is 0 Å². The van der Waals surface area contributed by atoms with Crippen molar-refractivity contribution in [2.24, 2.45) is 0 Å². The van der Waals surface area contributed by atoms with Gasteiger partial charge >= 0.3 is 5.63 Å². The predicted molar refractivity (Wildman–Crippen MR) is 67.9 cm³/mol. The van der Waals surface area contributed by atoms with Crippen LogP contribution in [-0.4, -0.2) is 5.78 Å². The van der Waals surface area contributed by atoms with Crippen molar-refractivity contribution >= 4 is 38.2 Å². The Morgan fingerprint density at radius 3 is 2.82 bits per heavy atom. The second kappa shape index (κ2) is 3.53. The van der Waals surface area contributed by atoms with Crippen LogP contribution in [0.25, 0.3) is 21.1 Å². The summed E-state index contributed by atoms with van der Waals surface area (Å²) in [5, 5.41) is 3.54. The van der Waals surface area contributed by atoms with E-state index in [9.17, 15) is 9.59 Å². The molecule has 0 saturated carbocycles. The fraction of sp³-hybridized carbons (Fsp3) is 0.0769. The summed E-state index contributed by atoms with van der Waals surface area (Å²) in [4.78, 5) is 22.7. The van der Waals surface area contributed by atoms with Crippen molar-refractivity contribution in [2.45, 2.75) is 6.92 Å². The number of fused-ring (bicyclic) bond motifs is 3. The van der Waals surface area contributed by atoms with Crippen LogP contribution in [0.4, 0.5) is 0 Å². The van der Waals surface area contributed by atoms with Gasteiger partial charge in [-0.15, -0.1) is 11.3 Å². The average molecular weight is 244 g/mol. The van der Waals surface area contributed by atoms with Gasteiger partial charge in [-0.25, -0.2) is 4.79 Å². The van der Waals surface area contributed by atoms with E-state index in [0.29, 0.717) is 11.1 Å². The van der Waals surface area contributed by atoms with Crippen LogP contribution in [0.15, 0.2) is 38.9 Å². The zero-order valence-electron chi connectivity index (χ0n) is 9.02. The Hall–Kier alpha value is -1.94. The lowest BCUT2D eigenvalue weighted by molar-refractivity contribution is 0.101. The molecule has 0 aliphatic heterocycles. The molecule has 17 heavy (non-hydrogen) atoms. The van der Waals surface area contributed by atoms with E-state index in [2.05, 4.69) is 0 Å². The quantitative estimate of drug-likeness (QED) is 0.487. The Labute approximate surface area is 100 Å². The predicted octanol–water partition coefficient (Wildman–Crippen LogP) is 3.21.